The van der Waals surface area contributed by atoms with E-state index in [0.717, 1.165) is 5.56 Å². The first-order chi connectivity index (χ1) is 10.1. The average molecular weight is 281 g/mol. The van der Waals surface area contributed by atoms with Gasteiger partial charge in [0.05, 0.1) is 17.7 Å². The van der Waals surface area contributed by atoms with Gasteiger partial charge in [-0.2, -0.15) is 15.3 Å². The SMILES string of the molecule is CC1=Nc2ncnn2C(c2ccc(C#N)cc2)C1C(=O)O. The maximum absolute atomic E-state index is 11.6. The van der Waals surface area contributed by atoms with Gasteiger partial charge in [0.15, 0.2) is 0 Å². The zero-order valence-electron chi connectivity index (χ0n) is 11.1. The van der Waals surface area contributed by atoms with Crippen LogP contribution in [0.5, 0.6) is 0 Å². The molecule has 2 aromatic rings. The van der Waals surface area contributed by atoms with Gasteiger partial charge in [0.1, 0.15) is 12.2 Å². The lowest BCUT2D eigenvalue weighted by Crippen LogP contribution is -2.35. The molecular weight excluding hydrogens is 270 g/mol. The molecule has 0 bridgehead atoms. The van der Waals surface area contributed by atoms with Crippen molar-refractivity contribution in [3.05, 3.63) is 41.7 Å². The van der Waals surface area contributed by atoms with Crippen LogP contribution in [0, 0.1) is 17.2 Å². The fourth-order valence-electron chi connectivity index (χ4n) is 2.52. The summed E-state index contributed by atoms with van der Waals surface area (Å²) in [6, 6.07) is 8.31. The summed E-state index contributed by atoms with van der Waals surface area (Å²) in [7, 11) is 0. The molecule has 0 amide bonds. The molecule has 0 spiro atoms. The van der Waals surface area contributed by atoms with E-state index in [9.17, 15) is 9.90 Å². The second-order valence-electron chi connectivity index (χ2n) is 4.75. The number of nitriles is 1. The maximum atomic E-state index is 11.6. The summed E-state index contributed by atoms with van der Waals surface area (Å²) in [5, 5.41) is 22.5. The Morgan fingerprint density at radius 2 is 2.10 bits per heavy atom. The number of aliphatic carboxylic acids is 1. The number of hydrogen-bond donors (Lipinski definition) is 1. The standard InChI is InChI=1S/C14H11N5O2/c1-8-11(13(20)21)12(19-14(18-8)16-7-17-19)10-4-2-9(6-15)3-5-10/h2-5,7,11-12H,1H3,(H,20,21). The summed E-state index contributed by atoms with van der Waals surface area (Å²) < 4.78 is 1.51. The Bertz CT molecular complexity index is 769. The minimum absolute atomic E-state index is 0.388. The molecule has 0 fully saturated rings. The molecule has 0 saturated heterocycles. The second-order valence-corrected chi connectivity index (χ2v) is 4.75. The van der Waals surface area contributed by atoms with Crippen molar-refractivity contribution in [2.45, 2.75) is 13.0 Å². The maximum Gasteiger partial charge on any atom is 0.314 e. The fourth-order valence-corrected chi connectivity index (χ4v) is 2.52. The highest BCUT2D eigenvalue weighted by molar-refractivity contribution is 6.02. The van der Waals surface area contributed by atoms with Crippen LogP contribution in [0.25, 0.3) is 0 Å². The van der Waals surface area contributed by atoms with Crippen LogP contribution < -0.4 is 0 Å². The van der Waals surface area contributed by atoms with Crippen molar-refractivity contribution in [1.29, 1.82) is 5.26 Å². The van der Waals surface area contributed by atoms with E-state index in [0.29, 0.717) is 17.2 Å². The van der Waals surface area contributed by atoms with Gasteiger partial charge in [0.25, 0.3) is 0 Å². The van der Waals surface area contributed by atoms with Crippen molar-refractivity contribution >= 4 is 17.6 Å². The number of carbonyl (C=O) groups is 1. The van der Waals surface area contributed by atoms with Gasteiger partial charge in [0, 0.05) is 5.71 Å². The summed E-state index contributed by atoms with van der Waals surface area (Å²) in [5.74, 6) is -1.39. The minimum atomic E-state index is -0.966. The highest BCUT2D eigenvalue weighted by Crippen LogP contribution is 2.34. The molecule has 0 aliphatic carbocycles. The van der Waals surface area contributed by atoms with Crippen LogP contribution in [-0.4, -0.2) is 31.6 Å². The number of nitrogens with zero attached hydrogens (tertiary/aromatic N) is 5. The lowest BCUT2D eigenvalue weighted by atomic mass is 9.88. The van der Waals surface area contributed by atoms with E-state index >= 15 is 0 Å². The number of fused-ring (bicyclic) bond motifs is 1. The van der Waals surface area contributed by atoms with Crippen molar-refractivity contribution < 1.29 is 9.90 Å². The highest BCUT2D eigenvalue weighted by atomic mass is 16.4. The molecule has 1 aliphatic heterocycles. The largest absolute Gasteiger partial charge is 0.481 e. The highest BCUT2D eigenvalue weighted by Gasteiger charge is 2.38. The summed E-state index contributed by atoms with van der Waals surface area (Å²) in [4.78, 5) is 19.8. The van der Waals surface area contributed by atoms with E-state index in [4.69, 9.17) is 5.26 Å². The monoisotopic (exact) mass is 281 g/mol. The molecule has 7 nitrogen and oxygen atoms in total. The third-order valence-corrected chi connectivity index (χ3v) is 3.51. The Labute approximate surface area is 120 Å². The van der Waals surface area contributed by atoms with Crippen molar-refractivity contribution in [3.8, 4) is 6.07 Å². The van der Waals surface area contributed by atoms with Gasteiger partial charge in [-0.3, -0.25) is 4.79 Å². The van der Waals surface area contributed by atoms with Gasteiger partial charge in [-0.05, 0) is 24.6 Å². The topological polar surface area (TPSA) is 104 Å². The Hall–Kier alpha value is -3.01. The molecule has 1 N–H and O–H groups in total. The molecule has 104 valence electrons. The zero-order chi connectivity index (χ0) is 15.0. The first-order valence-electron chi connectivity index (χ1n) is 6.29. The number of aromatic nitrogens is 3. The molecule has 1 aromatic carbocycles. The van der Waals surface area contributed by atoms with Crippen molar-refractivity contribution in [3.63, 3.8) is 0 Å². The van der Waals surface area contributed by atoms with Crippen LogP contribution in [0.4, 0.5) is 5.95 Å². The average Bonchev–Trinajstić information content (AvgIpc) is 2.93. The first kappa shape index (κ1) is 13.0. The Morgan fingerprint density at radius 3 is 2.71 bits per heavy atom. The van der Waals surface area contributed by atoms with Gasteiger partial charge in [-0.25, -0.2) is 9.67 Å². The minimum Gasteiger partial charge on any atom is -0.481 e. The molecule has 2 heterocycles. The number of rotatable bonds is 2. The predicted octanol–water partition coefficient (Wildman–Crippen LogP) is 1.55. The van der Waals surface area contributed by atoms with Crippen LogP contribution in [-0.2, 0) is 4.79 Å². The molecule has 1 aliphatic rings. The normalized spacial score (nSPS) is 20.3. The predicted molar refractivity (Wildman–Crippen MR) is 73.2 cm³/mol. The summed E-state index contributed by atoms with van der Waals surface area (Å²) in [5.41, 5.74) is 1.75. The van der Waals surface area contributed by atoms with E-state index in [2.05, 4.69) is 15.1 Å². The molecule has 2 atom stereocenters. The van der Waals surface area contributed by atoms with Gasteiger partial charge in [-0.1, -0.05) is 12.1 Å². The summed E-state index contributed by atoms with van der Waals surface area (Å²) in [6.07, 6.45) is 1.35. The third-order valence-electron chi connectivity index (χ3n) is 3.51. The second kappa shape index (κ2) is 4.83. The number of carboxylic acid groups (broad SMARTS) is 1. The van der Waals surface area contributed by atoms with Crippen molar-refractivity contribution in [2.24, 2.45) is 10.9 Å². The summed E-state index contributed by atoms with van der Waals surface area (Å²) >= 11 is 0. The molecule has 21 heavy (non-hydrogen) atoms. The quantitative estimate of drug-likeness (QED) is 0.899. The van der Waals surface area contributed by atoms with Crippen LogP contribution in [0.2, 0.25) is 0 Å². The lowest BCUT2D eigenvalue weighted by Gasteiger charge is -2.28. The molecule has 0 radical (unpaired) electrons. The van der Waals surface area contributed by atoms with Crippen molar-refractivity contribution in [1.82, 2.24) is 14.8 Å². The van der Waals surface area contributed by atoms with Gasteiger partial charge >= 0.3 is 5.97 Å². The van der Waals surface area contributed by atoms with Crippen LogP contribution >= 0.6 is 0 Å². The number of aliphatic imine (C=N–C) groups is 1. The molecular formula is C14H11N5O2. The van der Waals surface area contributed by atoms with E-state index in [1.54, 1.807) is 31.2 Å². The first-order valence-corrected chi connectivity index (χ1v) is 6.29. The zero-order valence-corrected chi connectivity index (χ0v) is 11.1. The Morgan fingerprint density at radius 1 is 1.38 bits per heavy atom. The lowest BCUT2D eigenvalue weighted by molar-refractivity contribution is -0.140. The number of benzene rings is 1. The third kappa shape index (κ3) is 2.07. The van der Waals surface area contributed by atoms with Crippen LogP contribution in [0.15, 0.2) is 35.6 Å². The van der Waals surface area contributed by atoms with E-state index in [-0.39, 0.29) is 0 Å². The van der Waals surface area contributed by atoms with E-state index in [1.807, 2.05) is 6.07 Å². The van der Waals surface area contributed by atoms with Crippen LogP contribution in [0.1, 0.15) is 24.1 Å². The molecule has 1 aromatic heterocycles. The number of hydrogen-bond acceptors (Lipinski definition) is 5. The molecule has 0 saturated carbocycles. The van der Waals surface area contributed by atoms with Gasteiger partial charge in [-0.15, -0.1) is 0 Å². The van der Waals surface area contributed by atoms with Gasteiger partial charge in [0.2, 0.25) is 5.95 Å². The fraction of sp³-hybridized carbons (Fsp3) is 0.214. The smallest absolute Gasteiger partial charge is 0.314 e. The van der Waals surface area contributed by atoms with Gasteiger partial charge < -0.3 is 5.11 Å². The van der Waals surface area contributed by atoms with E-state index in [1.165, 1.54) is 11.0 Å². The van der Waals surface area contributed by atoms with E-state index < -0.39 is 17.9 Å². The summed E-state index contributed by atoms with van der Waals surface area (Å²) in [6.45, 7) is 1.67. The van der Waals surface area contributed by atoms with Crippen LogP contribution in [0.3, 0.4) is 0 Å². The molecule has 3 rings (SSSR count). The molecule has 2 unspecified atom stereocenters. The Kier molecular flexibility index (Phi) is 2.99. The Balaban J connectivity index is 2.14. The molecule has 7 heteroatoms. The van der Waals surface area contributed by atoms with Crippen molar-refractivity contribution in [2.75, 3.05) is 0 Å². The number of carboxylic acids is 1.